The number of ether oxygens (including phenoxy) is 1. The van der Waals surface area contributed by atoms with E-state index in [0.29, 0.717) is 58.3 Å². The highest BCUT2D eigenvalue weighted by molar-refractivity contribution is 14.0. The summed E-state index contributed by atoms with van der Waals surface area (Å²) in [5.74, 6) is 1.13. The minimum Gasteiger partial charge on any atom is -0.444 e. The summed E-state index contributed by atoms with van der Waals surface area (Å²) in [4.78, 5) is 22.2. The zero-order valence-electron chi connectivity index (χ0n) is 19.9. The number of piperazine rings is 1. The fraction of sp³-hybridized carbons (Fsp3) is 0.905. The van der Waals surface area contributed by atoms with Crippen molar-refractivity contribution in [3.05, 3.63) is 0 Å². The minimum absolute atomic E-state index is 0. The Labute approximate surface area is 207 Å². The second-order valence-electron chi connectivity index (χ2n) is 9.35. The van der Waals surface area contributed by atoms with Gasteiger partial charge in [-0.3, -0.25) is 9.89 Å². The molecule has 0 bridgehead atoms. The number of halogens is 4. The van der Waals surface area contributed by atoms with Crippen LogP contribution in [-0.4, -0.2) is 96.9 Å². The highest BCUT2D eigenvalue weighted by atomic mass is 127. The number of amides is 1. The molecule has 1 N–H and O–H groups in total. The van der Waals surface area contributed by atoms with E-state index >= 15 is 0 Å². The molecule has 0 aromatic rings. The third kappa shape index (κ3) is 9.11. The standard InChI is InChI=1S/C21H38F3N5O2.HI/c1-6-25-18(28-13-11-27(12-14-28)16(2)21(22,23)24)26-15-17-7-9-29(10-8-17)19(30)31-20(3,4)5;/h16-17H,6-15H2,1-5H3,(H,25,26);1H. The van der Waals surface area contributed by atoms with Gasteiger partial charge in [-0.1, -0.05) is 0 Å². The summed E-state index contributed by atoms with van der Waals surface area (Å²) < 4.78 is 44.4. The van der Waals surface area contributed by atoms with Gasteiger partial charge < -0.3 is 19.9 Å². The lowest BCUT2D eigenvalue weighted by molar-refractivity contribution is -0.181. The van der Waals surface area contributed by atoms with Gasteiger partial charge in [0.25, 0.3) is 0 Å². The average Bonchev–Trinajstić information content (AvgIpc) is 2.69. The fourth-order valence-corrected chi connectivity index (χ4v) is 3.79. The van der Waals surface area contributed by atoms with E-state index in [0.717, 1.165) is 18.8 Å². The number of nitrogens with zero attached hydrogens (tertiary/aromatic N) is 4. The van der Waals surface area contributed by atoms with Crippen LogP contribution in [0.5, 0.6) is 0 Å². The summed E-state index contributed by atoms with van der Waals surface area (Å²) in [7, 11) is 0. The molecule has 0 aliphatic carbocycles. The van der Waals surface area contributed by atoms with E-state index < -0.39 is 17.8 Å². The molecule has 2 aliphatic heterocycles. The number of hydrogen-bond acceptors (Lipinski definition) is 4. The van der Waals surface area contributed by atoms with E-state index in [1.165, 1.54) is 11.8 Å². The van der Waals surface area contributed by atoms with Gasteiger partial charge in [0.15, 0.2) is 5.96 Å². The van der Waals surface area contributed by atoms with Gasteiger partial charge in [-0.15, -0.1) is 24.0 Å². The molecule has 2 fully saturated rings. The first-order valence-corrected chi connectivity index (χ1v) is 11.2. The molecule has 0 aromatic heterocycles. The van der Waals surface area contributed by atoms with Gasteiger partial charge in [0.05, 0.1) is 0 Å². The minimum atomic E-state index is -4.20. The van der Waals surface area contributed by atoms with Gasteiger partial charge in [-0.2, -0.15) is 13.2 Å². The molecule has 1 amide bonds. The summed E-state index contributed by atoms with van der Waals surface area (Å²) in [6.07, 6.45) is -2.75. The molecule has 0 saturated carbocycles. The van der Waals surface area contributed by atoms with Crippen molar-refractivity contribution in [2.45, 2.75) is 65.3 Å². The Kier molecular flexibility index (Phi) is 11.3. The predicted molar refractivity (Wildman–Crippen MR) is 131 cm³/mol. The predicted octanol–water partition coefficient (Wildman–Crippen LogP) is 3.79. The van der Waals surface area contributed by atoms with Crippen molar-refractivity contribution in [1.82, 2.24) is 20.0 Å². The molecule has 2 saturated heterocycles. The van der Waals surface area contributed by atoms with Crippen LogP contribution in [0.3, 0.4) is 0 Å². The summed E-state index contributed by atoms with van der Waals surface area (Å²) in [5.41, 5.74) is -0.499. The quantitative estimate of drug-likeness (QED) is 0.313. The Hall–Kier alpha value is -0.980. The number of rotatable bonds is 4. The zero-order chi connectivity index (χ0) is 23.2. The number of nitrogens with one attached hydrogen (secondary N) is 1. The lowest BCUT2D eigenvalue weighted by Crippen LogP contribution is -2.56. The van der Waals surface area contributed by atoms with E-state index in [1.54, 1.807) is 4.90 Å². The Morgan fingerprint density at radius 1 is 1.06 bits per heavy atom. The van der Waals surface area contributed by atoms with Crippen molar-refractivity contribution >= 4 is 36.0 Å². The first-order valence-electron chi connectivity index (χ1n) is 11.2. The largest absolute Gasteiger partial charge is 0.444 e. The first-order chi connectivity index (χ1) is 14.4. The number of hydrogen-bond donors (Lipinski definition) is 1. The molecule has 0 aromatic carbocycles. The molecule has 0 spiro atoms. The second-order valence-corrected chi connectivity index (χ2v) is 9.35. The molecule has 2 aliphatic rings. The molecule has 2 heterocycles. The van der Waals surface area contributed by atoms with Crippen molar-refractivity contribution in [2.75, 3.05) is 52.4 Å². The van der Waals surface area contributed by atoms with Crippen LogP contribution in [0.4, 0.5) is 18.0 Å². The second kappa shape index (κ2) is 12.5. The van der Waals surface area contributed by atoms with E-state index in [-0.39, 0.29) is 30.1 Å². The van der Waals surface area contributed by atoms with Gasteiger partial charge in [0, 0.05) is 52.4 Å². The summed E-state index contributed by atoms with van der Waals surface area (Å²) in [5, 5.41) is 3.27. The molecule has 2 rings (SSSR count). The molecule has 188 valence electrons. The molecular formula is C21H39F3IN5O2. The van der Waals surface area contributed by atoms with Crippen LogP contribution in [-0.2, 0) is 4.74 Å². The maximum absolute atomic E-state index is 13.0. The van der Waals surface area contributed by atoms with Crippen molar-refractivity contribution in [3.63, 3.8) is 0 Å². The zero-order valence-corrected chi connectivity index (χ0v) is 22.2. The van der Waals surface area contributed by atoms with Crippen LogP contribution in [0.2, 0.25) is 0 Å². The van der Waals surface area contributed by atoms with Crippen LogP contribution >= 0.6 is 24.0 Å². The summed E-state index contributed by atoms with van der Waals surface area (Å²) >= 11 is 0. The Bertz CT molecular complexity index is 612. The van der Waals surface area contributed by atoms with Crippen molar-refractivity contribution in [1.29, 1.82) is 0 Å². The molecule has 32 heavy (non-hydrogen) atoms. The molecule has 11 heteroatoms. The van der Waals surface area contributed by atoms with Crippen LogP contribution in [0.15, 0.2) is 4.99 Å². The lowest BCUT2D eigenvalue weighted by Gasteiger charge is -2.40. The molecular weight excluding hydrogens is 538 g/mol. The number of carbonyl (C=O) groups is 1. The van der Waals surface area contributed by atoms with Gasteiger partial charge in [0.2, 0.25) is 0 Å². The fourth-order valence-electron chi connectivity index (χ4n) is 3.79. The highest BCUT2D eigenvalue weighted by Gasteiger charge is 2.41. The summed E-state index contributed by atoms with van der Waals surface area (Å²) in [6, 6.07) is -1.43. The number of aliphatic imine (C=N–C) groups is 1. The van der Waals surface area contributed by atoms with Crippen molar-refractivity contribution in [2.24, 2.45) is 10.9 Å². The maximum atomic E-state index is 13.0. The third-order valence-corrected chi connectivity index (χ3v) is 5.74. The van der Waals surface area contributed by atoms with Gasteiger partial charge >= 0.3 is 12.3 Å². The van der Waals surface area contributed by atoms with Gasteiger partial charge in [-0.05, 0) is 53.4 Å². The average molecular weight is 577 g/mol. The normalized spacial score (nSPS) is 20.6. The van der Waals surface area contributed by atoms with Gasteiger partial charge in [0.1, 0.15) is 11.6 Å². The molecule has 0 radical (unpaired) electrons. The summed E-state index contributed by atoms with van der Waals surface area (Å²) in [6.45, 7) is 13.2. The van der Waals surface area contributed by atoms with Crippen LogP contribution < -0.4 is 5.32 Å². The Balaban J connectivity index is 0.00000512. The smallest absolute Gasteiger partial charge is 0.410 e. The van der Waals surface area contributed by atoms with E-state index in [1.807, 2.05) is 32.6 Å². The third-order valence-electron chi connectivity index (χ3n) is 5.74. The van der Waals surface area contributed by atoms with E-state index in [4.69, 9.17) is 9.73 Å². The van der Waals surface area contributed by atoms with Crippen LogP contribution in [0.1, 0.15) is 47.5 Å². The van der Waals surface area contributed by atoms with E-state index in [2.05, 4.69) is 5.32 Å². The van der Waals surface area contributed by atoms with Crippen LogP contribution in [0.25, 0.3) is 0 Å². The first kappa shape index (κ1) is 29.1. The number of piperidine rings is 1. The SMILES string of the molecule is CCNC(=NCC1CCN(C(=O)OC(C)(C)C)CC1)N1CCN(C(C)C(F)(F)F)CC1.I. The van der Waals surface area contributed by atoms with E-state index in [9.17, 15) is 18.0 Å². The molecule has 7 nitrogen and oxygen atoms in total. The van der Waals surface area contributed by atoms with Gasteiger partial charge in [-0.25, -0.2) is 4.79 Å². The molecule has 1 unspecified atom stereocenters. The van der Waals surface area contributed by atoms with Crippen molar-refractivity contribution < 1.29 is 22.7 Å². The number of likely N-dealkylation sites (tertiary alicyclic amines) is 1. The lowest BCUT2D eigenvalue weighted by atomic mass is 9.97. The number of alkyl halides is 3. The Morgan fingerprint density at radius 3 is 2.09 bits per heavy atom. The van der Waals surface area contributed by atoms with Crippen molar-refractivity contribution in [3.8, 4) is 0 Å². The number of carbonyl (C=O) groups excluding carboxylic acids is 1. The molecule has 1 atom stereocenters. The maximum Gasteiger partial charge on any atom is 0.410 e. The Morgan fingerprint density at radius 2 is 1.62 bits per heavy atom. The van der Waals surface area contributed by atoms with Crippen LogP contribution in [0, 0.1) is 5.92 Å². The highest BCUT2D eigenvalue weighted by Crippen LogP contribution is 2.25. The monoisotopic (exact) mass is 577 g/mol. The topological polar surface area (TPSA) is 60.4 Å². The number of guanidine groups is 1.